The lowest BCUT2D eigenvalue weighted by molar-refractivity contribution is -0.125. The van der Waals surface area contributed by atoms with Gasteiger partial charge in [-0.2, -0.15) is 4.68 Å². The molecule has 0 bridgehead atoms. The van der Waals surface area contributed by atoms with Gasteiger partial charge in [0.05, 0.1) is 17.9 Å². The molecule has 1 unspecified atom stereocenters. The summed E-state index contributed by atoms with van der Waals surface area (Å²) in [6.45, 7) is 2.59. The number of para-hydroxylation sites is 1. The van der Waals surface area contributed by atoms with Crippen LogP contribution in [-0.4, -0.2) is 56.5 Å². The highest BCUT2D eigenvalue weighted by molar-refractivity contribution is 8.02. The molecule has 3 aromatic carbocycles. The number of ether oxygens (including phenoxy) is 2. The molecule has 4 rings (SSSR count). The largest absolute Gasteiger partial charge is 0.462 e. The Bertz CT molecular complexity index is 1630. The predicted octanol–water partition coefficient (Wildman–Crippen LogP) is 9.26. The van der Waals surface area contributed by atoms with E-state index in [0.717, 1.165) is 31.0 Å². The predicted molar refractivity (Wildman–Crippen MR) is 201 cm³/mol. The topological polar surface area (TPSA) is 125 Å². The normalized spacial score (nSPS) is 12.3. The van der Waals surface area contributed by atoms with Gasteiger partial charge in [0, 0.05) is 18.4 Å². The molecule has 10 nitrogen and oxygen atoms in total. The molecule has 0 aliphatic rings. The van der Waals surface area contributed by atoms with Crippen LogP contribution in [0.3, 0.4) is 0 Å². The molecule has 0 fully saturated rings. The van der Waals surface area contributed by atoms with E-state index >= 15 is 0 Å². The number of rotatable bonds is 24. The summed E-state index contributed by atoms with van der Waals surface area (Å²) in [7, 11) is 1.29. The minimum absolute atomic E-state index is 0.170. The molecule has 0 aliphatic carbocycles. The number of Topliss-reactive ketones (excluding diaryl/α,β-unsaturated/α-hetero) is 1. The Labute approximate surface area is 306 Å². The van der Waals surface area contributed by atoms with Crippen molar-refractivity contribution < 1.29 is 23.9 Å². The number of ketones is 1. The number of anilines is 1. The molecule has 0 saturated heterocycles. The number of amides is 1. The monoisotopic (exact) mass is 713 g/mol. The van der Waals surface area contributed by atoms with Gasteiger partial charge in [-0.05, 0) is 58.9 Å². The number of aromatic nitrogens is 4. The second-order valence-corrected chi connectivity index (χ2v) is 13.7. The molecular formula is C40H51N5O5S. The first kappa shape index (κ1) is 39.4. The van der Waals surface area contributed by atoms with E-state index < -0.39 is 22.6 Å². The number of esters is 1. The molecule has 4 aromatic rings. The Balaban J connectivity index is 1.30. The molecule has 1 amide bonds. The van der Waals surface area contributed by atoms with Gasteiger partial charge >= 0.3 is 5.97 Å². The van der Waals surface area contributed by atoms with Gasteiger partial charge in [0.25, 0.3) is 10.8 Å². The van der Waals surface area contributed by atoms with Gasteiger partial charge in [0.15, 0.2) is 0 Å². The highest BCUT2D eigenvalue weighted by Gasteiger charge is 2.49. The third kappa shape index (κ3) is 12.1. The summed E-state index contributed by atoms with van der Waals surface area (Å²) in [5.41, 5.74) is 1.50. The van der Waals surface area contributed by atoms with E-state index in [1.165, 1.54) is 88.5 Å². The van der Waals surface area contributed by atoms with E-state index in [-0.39, 0.29) is 16.3 Å². The van der Waals surface area contributed by atoms with Gasteiger partial charge in [-0.1, -0.05) is 145 Å². The van der Waals surface area contributed by atoms with Gasteiger partial charge in [0.1, 0.15) is 0 Å². The molecule has 0 spiro atoms. The Hall–Kier alpha value is -4.35. The third-order valence-corrected chi connectivity index (χ3v) is 9.95. The maximum absolute atomic E-state index is 14.1. The van der Waals surface area contributed by atoms with Crippen LogP contribution in [0.5, 0.6) is 0 Å². The van der Waals surface area contributed by atoms with Crippen molar-refractivity contribution in [3.63, 3.8) is 0 Å². The van der Waals surface area contributed by atoms with Gasteiger partial charge in [-0.25, -0.2) is 4.79 Å². The second kappa shape index (κ2) is 21.8. The molecular weight excluding hydrogens is 663 g/mol. The van der Waals surface area contributed by atoms with Crippen LogP contribution in [0.15, 0.2) is 90.1 Å². The maximum Gasteiger partial charge on any atom is 0.338 e. The molecule has 272 valence electrons. The van der Waals surface area contributed by atoms with Gasteiger partial charge < -0.3 is 14.8 Å². The minimum Gasteiger partial charge on any atom is -0.462 e. The molecule has 51 heavy (non-hydrogen) atoms. The van der Waals surface area contributed by atoms with Crippen molar-refractivity contribution in [1.29, 1.82) is 0 Å². The molecule has 11 heteroatoms. The van der Waals surface area contributed by atoms with Crippen LogP contribution < -0.4 is 5.32 Å². The molecule has 1 heterocycles. The Morgan fingerprint density at radius 3 is 1.90 bits per heavy atom. The first-order valence-corrected chi connectivity index (χ1v) is 19.1. The molecule has 1 N–H and O–H groups in total. The first-order chi connectivity index (χ1) is 25.0. The highest BCUT2D eigenvalue weighted by Crippen LogP contribution is 2.37. The number of carbonyl (C=O) groups is 3. The lowest BCUT2D eigenvalue weighted by atomic mass is 10.0. The average molecular weight is 714 g/mol. The van der Waals surface area contributed by atoms with E-state index in [0.29, 0.717) is 18.0 Å². The van der Waals surface area contributed by atoms with Crippen molar-refractivity contribution in [3.05, 3.63) is 96.1 Å². The number of nitrogens with one attached hydrogen (secondary N) is 1. The van der Waals surface area contributed by atoms with Gasteiger partial charge in [0.2, 0.25) is 10.9 Å². The quantitative estimate of drug-likeness (QED) is 0.0189. The highest BCUT2D eigenvalue weighted by atomic mass is 32.2. The fourth-order valence-corrected chi connectivity index (χ4v) is 6.79. The van der Waals surface area contributed by atoms with Crippen LogP contribution in [0.25, 0.3) is 5.69 Å². The lowest BCUT2D eigenvalue weighted by Gasteiger charge is -2.28. The summed E-state index contributed by atoms with van der Waals surface area (Å²) in [6, 6.07) is 24.0. The molecule has 1 aromatic heterocycles. The summed E-state index contributed by atoms with van der Waals surface area (Å²) in [5, 5.41) is 14.9. The summed E-state index contributed by atoms with van der Waals surface area (Å²) in [4.78, 5) is 38.9. The number of benzene rings is 3. The number of unbranched alkanes of at least 4 members (excludes halogenated alkanes) is 13. The smallest absolute Gasteiger partial charge is 0.338 e. The number of nitrogens with zero attached hydrogens (tertiary/aromatic N) is 4. The number of tetrazole rings is 1. The molecule has 0 aliphatic heterocycles. The van der Waals surface area contributed by atoms with E-state index in [1.807, 2.05) is 18.2 Å². The zero-order valence-corrected chi connectivity index (χ0v) is 30.7. The summed E-state index contributed by atoms with van der Waals surface area (Å²) < 4.78 is 12.7. The second-order valence-electron chi connectivity index (χ2n) is 12.6. The number of hydrogen-bond acceptors (Lipinski definition) is 9. The zero-order chi connectivity index (χ0) is 36.2. The Morgan fingerprint density at radius 2 is 1.29 bits per heavy atom. The SMILES string of the molecule is CCCCCCCCCCCCCCCCOC(=O)c1cccc(NC(=O)C(OC)(Sc2nnnn2-c2ccccc2)C(=O)c2ccccc2)c1. The number of hydrogen-bond donors (Lipinski definition) is 1. The molecule has 1 atom stereocenters. The van der Waals surface area contributed by atoms with Crippen molar-refractivity contribution in [2.24, 2.45) is 0 Å². The number of thioether (sulfide) groups is 1. The van der Waals surface area contributed by atoms with E-state index in [2.05, 4.69) is 27.8 Å². The van der Waals surface area contributed by atoms with E-state index in [4.69, 9.17) is 9.47 Å². The molecule has 0 radical (unpaired) electrons. The third-order valence-electron chi connectivity index (χ3n) is 8.69. The van der Waals surface area contributed by atoms with Crippen LogP contribution in [0, 0.1) is 0 Å². The summed E-state index contributed by atoms with van der Waals surface area (Å²) in [5.74, 6) is -1.84. The number of carbonyl (C=O) groups excluding carboxylic acids is 3. The van der Waals surface area contributed by atoms with Crippen LogP contribution >= 0.6 is 11.8 Å². The van der Waals surface area contributed by atoms with Crippen molar-refractivity contribution in [1.82, 2.24) is 20.2 Å². The van der Waals surface area contributed by atoms with Crippen molar-refractivity contribution in [2.75, 3.05) is 19.0 Å². The standard InChI is InChI=1S/C40H51N5O5S/c1-3-4-5-6-7-8-9-10-11-12-13-14-15-22-30-50-37(47)33-26-23-27-34(31-33)41-38(48)40(49-2,36(46)32-24-18-16-19-25-32)51-39-42-43-44-45(39)35-28-20-17-21-29-35/h16-21,23-29,31H,3-15,22,30H2,1-2H3,(H,41,48). The Morgan fingerprint density at radius 1 is 0.725 bits per heavy atom. The Kier molecular flexibility index (Phi) is 16.8. The molecule has 0 saturated carbocycles. The number of methoxy groups -OCH3 is 1. The van der Waals surface area contributed by atoms with Gasteiger partial charge in [-0.3, -0.25) is 9.59 Å². The zero-order valence-electron chi connectivity index (χ0n) is 29.9. The van der Waals surface area contributed by atoms with Crippen LogP contribution in [0.1, 0.15) is 118 Å². The first-order valence-electron chi connectivity index (χ1n) is 18.2. The maximum atomic E-state index is 14.1. The van der Waals surface area contributed by atoms with Crippen molar-refractivity contribution >= 4 is 35.1 Å². The summed E-state index contributed by atoms with van der Waals surface area (Å²) >= 11 is 0.784. The van der Waals surface area contributed by atoms with Gasteiger partial charge in [-0.15, -0.1) is 5.10 Å². The fourth-order valence-electron chi connectivity index (χ4n) is 5.79. The average Bonchev–Trinajstić information content (AvgIpc) is 3.63. The van der Waals surface area contributed by atoms with E-state index in [9.17, 15) is 14.4 Å². The van der Waals surface area contributed by atoms with Crippen molar-refractivity contribution in [2.45, 2.75) is 107 Å². The fraction of sp³-hybridized carbons (Fsp3) is 0.450. The van der Waals surface area contributed by atoms with Crippen LogP contribution in [0.4, 0.5) is 5.69 Å². The van der Waals surface area contributed by atoms with E-state index in [1.54, 1.807) is 60.7 Å². The van der Waals surface area contributed by atoms with Crippen LogP contribution in [0.2, 0.25) is 0 Å². The minimum atomic E-state index is -2.12. The lowest BCUT2D eigenvalue weighted by Crippen LogP contribution is -2.49. The summed E-state index contributed by atoms with van der Waals surface area (Å²) in [6.07, 6.45) is 17.6. The van der Waals surface area contributed by atoms with Crippen LogP contribution in [-0.2, 0) is 14.3 Å². The van der Waals surface area contributed by atoms with Crippen molar-refractivity contribution in [3.8, 4) is 5.69 Å².